The fraction of sp³-hybridized carbons (Fsp3) is 0.333. The summed E-state index contributed by atoms with van der Waals surface area (Å²) in [5.41, 5.74) is -0.439. The maximum atomic E-state index is 11.9. The number of rotatable bonds is 0. The van der Waals surface area contributed by atoms with Gasteiger partial charge in [-0.2, -0.15) is 0 Å². The van der Waals surface area contributed by atoms with Gasteiger partial charge < -0.3 is 0 Å². The molecule has 0 saturated heterocycles. The number of hydrogen-bond acceptors (Lipinski definition) is 0. The van der Waals surface area contributed by atoms with Crippen molar-refractivity contribution in [3.05, 3.63) is 21.0 Å². The zero-order chi connectivity index (χ0) is 7.78. The van der Waals surface area contributed by atoms with Gasteiger partial charge in [-0.1, -0.05) is 0 Å². The van der Waals surface area contributed by atoms with Crippen LogP contribution in [0.5, 0.6) is 0 Å². The van der Waals surface area contributed by atoms with Crippen LogP contribution in [-0.4, -0.2) is 6.18 Å². The molecule has 0 amide bonds. The Morgan fingerprint density at radius 1 is 1.40 bits per heavy atom. The van der Waals surface area contributed by atoms with Gasteiger partial charge in [-0.05, 0) is 0 Å². The van der Waals surface area contributed by atoms with Crippen molar-refractivity contribution >= 4 is 0 Å². The van der Waals surface area contributed by atoms with Gasteiger partial charge in [-0.25, -0.2) is 0 Å². The Hall–Kier alpha value is 0.153. The van der Waals surface area contributed by atoms with Gasteiger partial charge in [-0.3, -0.25) is 0 Å². The molecule has 0 saturated carbocycles. The average Bonchev–Trinajstić information content (AvgIpc) is 2.11. The van der Waals surface area contributed by atoms with Crippen LogP contribution in [0.3, 0.4) is 0 Å². The van der Waals surface area contributed by atoms with Gasteiger partial charge in [0.15, 0.2) is 0 Å². The summed E-state index contributed by atoms with van der Waals surface area (Å²) in [4.78, 5) is 0. The fourth-order valence-electron chi connectivity index (χ4n) is 0.771. The average molecular weight is 224 g/mol. The van der Waals surface area contributed by atoms with E-state index in [-0.39, 0.29) is 0 Å². The first-order chi connectivity index (χ1) is 4.52. The van der Waals surface area contributed by atoms with Crippen molar-refractivity contribution in [2.24, 2.45) is 0 Å². The van der Waals surface area contributed by atoms with E-state index in [4.69, 9.17) is 0 Å². The number of hydrogen-bond donors (Lipinski definition) is 0. The summed E-state index contributed by atoms with van der Waals surface area (Å²) >= 11 is 0.862. The van der Waals surface area contributed by atoms with Crippen molar-refractivity contribution < 1.29 is 37.9 Å². The molecule has 0 radical (unpaired) electrons. The molecule has 1 aliphatic carbocycles. The summed E-state index contributed by atoms with van der Waals surface area (Å²) in [5.74, 6) is 0. The topological polar surface area (TPSA) is 0 Å². The molecule has 0 aliphatic heterocycles. The molecule has 53 valence electrons. The normalized spacial score (nSPS) is 18.6. The van der Waals surface area contributed by atoms with Gasteiger partial charge in [0, 0.05) is 0 Å². The van der Waals surface area contributed by atoms with E-state index >= 15 is 0 Å². The van der Waals surface area contributed by atoms with Crippen LogP contribution >= 0.6 is 0 Å². The molecular formula is C6H4F3Zr. The van der Waals surface area contributed by atoms with E-state index in [1.807, 2.05) is 0 Å². The van der Waals surface area contributed by atoms with E-state index in [2.05, 4.69) is 0 Å². The summed E-state index contributed by atoms with van der Waals surface area (Å²) < 4.78 is 36.2. The van der Waals surface area contributed by atoms with E-state index < -0.39 is 11.7 Å². The monoisotopic (exact) mass is 223 g/mol. The first-order valence-corrected chi connectivity index (χ1v) is 3.93. The van der Waals surface area contributed by atoms with Gasteiger partial charge in [0.05, 0.1) is 0 Å². The molecule has 0 aromatic rings. The minimum atomic E-state index is -4.13. The van der Waals surface area contributed by atoms with Crippen molar-refractivity contribution in [1.82, 2.24) is 0 Å². The molecule has 0 spiro atoms. The molecule has 0 atom stereocenters. The number of halogens is 3. The van der Waals surface area contributed by atoms with Crippen LogP contribution in [0.25, 0.3) is 0 Å². The zero-order valence-electron chi connectivity index (χ0n) is 5.00. The third-order valence-electron chi connectivity index (χ3n) is 1.24. The standard InChI is InChI=1S/C6H4F3.Zr/c7-6(8,9)5-3-1-2-4-5;/h1,3H,2H2;. The molecule has 0 nitrogen and oxygen atoms in total. The second-order valence-electron chi connectivity index (χ2n) is 2.00. The molecule has 0 unspecified atom stereocenters. The first-order valence-electron chi connectivity index (χ1n) is 2.70. The quantitative estimate of drug-likeness (QED) is 0.592. The van der Waals surface area contributed by atoms with Crippen LogP contribution < -0.4 is 0 Å². The van der Waals surface area contributed by atoms with E-state index in [0.29, 0.717) is 9.70 Å². The van der Waals surface area contributed by atoms with Crippen molar-refractivity contribution in [2.75, 3.05) is 0 Å². The third-order valence-corrected chi connectivity index (χ3v) is 2.40. The van der Waals surface area contributed by atoms with Crippen molar-refractivity contribution in [3.63, 3.8) is 0 Å². The van der Waals surface area contributed by atoms with Crippen LogP contribution in [0.1, 0.15) is 6.42 Å². The van der Waals surface area contributed by atoms with Crippen LogP contribution in [0, 0.1) is 0 Å². The Morgan fingerprint density at radius 3 is 2.20 bits per heavy atom. The van der Waals surface area contributed by atoms with Crippen LogP contribution in [0.15, 0.2) is 21.0 Å². The third kappa shape index (κ3) is 1.60. The second-order valence-corrected chi connectivity index (χ2v) is 3.48. The van der Waals surface area contributed by atoms with Gasteiger partial charge in [-0.15, -0.1) is 0 Å². The Kier molecular flexibility index (Phi) is 2.19. The summed E-state index contributed by atoms with van der Waals surface area (Å²) in [6.45, 7) is 0. The number of alkyl halides is 3. The summed E-state index contributed by atoms with van der Waals surface area (Å²) in [6.07, 6.45) is -0.949. The Balaban J connectivity index is 2.91. The molecule has 0 heterocycles. The molecule has 10 heavy (non-hydrogen) atoms. The predicted octanol–water partition coefficient (Wildman–Crippen LogP) is 2.31. The van der Waals surface area contributed by atoms with Crippen molar-refractivity contribution in [1.29, 1.82) is 0 Å². The van der Waals surface area contributed by atoms with Gasteiger partial charge in [0.25, 0.3) is 0 Å². The Bertz CT molecular complexity index is 200. The molecule has 4 heteroatoms. The minimum absolute atomic E-state index is 0.439. The fourth-order valence-corrected chi connectivity index (χ4v) is 1.61. The Labute approximate surface area is 71.6 Å². The van der Waals surface area contributed by atoms with Gasteiger partial charge in [0.2, 0.25) is 0 Å². The SMILES string of the molecule is FC(F)(F)C1=[C]([Zr])CC=C1. The molecule has 0 fully saturated rings. The molecule has 1 rings (SSSR count). The second kappa shape index (κ2) is 2.65. The summed E-state index contributed by atoms with van der Waals surface area (Å²) in [5, 5.41) is 0. The molecule has 0 N–H and O–H groups in total. The van der Waals surface area contributed by atoms with Crippen molar-refractivity contribution in [3.8, 4) is 0 Å². The molecule has 0 bridgehead atoms. The van der Waals surface area contributed by atoms with Crippen LogP contribution in [0.4, 0.5) is 13.2 Å². The van der Waals surface area contributed by atoms with Crippen LogP contribution in [0.2, 0.25) is 0 Å². The maximum absolute atomic E-state index is 11.9. The predicted molar refractivity (Wildman–Crippen MR) is 26.8 cm³/mol. The zero-order valence-corrected chi connectivity index (χ0v) is 7.45. The van der Waals surface area contributed by atoms with Gasteiger partial charge in [0.1, 0.15) is 0 Å². The number of allylic oxidation sites excluding steroid dienone is 4. The molecular weight excluding hydrogens is 220 g/mol. The molecule has 1 aliphatic rings. The van der Waals surface area contributed by atoms with Crippen LogP contribution in [-0.2, 0) is 24.7 Å². The summed E-state index contributed by atoms with van der Waals surface area (Å²) in [7, 11) is 0. The van der Waals surface area contributed by atoms with Gasteiger partial charge >= 0.3 is 71.5 Å². The molecule has 0 aromatic heterocycles. The van der Waals surface area contributed by atoms with E-state index in [1.54, 1.807) is 6.08 Å². The molecule has 0 aromatic carbocycles. The van der Waals surface area contributed by atoms with E-state index in [0.717, 1.165) is 30.8 Å². The van der Waals surface area contributed by atoms with E-state index in [9.17, 15) is 13.2 Å². The summed E-state index contributed by atoms with van der Waals surface area (Å²) in [6, 6.07) is 0. The first kappa shape index (κ1) is 8.25. The Morgan fingerprint density at radius 2 is 2.00 bits per heavy atom. The van der Waals surface area contributed by atoms with E-state index in [1.165, 1.54) is 0 Å². The van der Waals surface area contributed by atoms with Crippen molar-refractivity contribution in [2.45, 2.75) is 12.6 Å².